The second-order valence-corrected chi connectivity index (χ2v) is 7.37. The van der Waals surface area contributed by atoms with Gasteiger partial charge in [0.15, 0.2) is 0 Å². The summed E-state index contributed by atoms with van der Waals surface area (Å²) in [5, 5.41) is 0. The number of halogens is 3. The number of aryl methyl sites for hydroxylation is 1. The Bertz CT molecular complexity index is 742. The highest BCUT2D eigenvalue weighted by molar-refractivity contribution is 5.31. The van der Waals surface area contributed by atoms with E-state index in [0.717, 1.165) is 43.2 Å². The van der Waals surface area contributed by atoms with Crippen LogP contribution < -0.4 is 4.74 Å². The van der Waals surface area contributed by atoms with Crippen molar-refractivity contribution in [2.24, 2.45) is 5.92 Å². The van der Waals surface area contributed by atoms with Crippen LogP contribution in [0.25, 0.3) is 0 Å². The van der Waals surface area contributed by atoms with Crippen molar-refractivity contribution in [3.63, 3.8) is 0 Å². The summed E-state index contributed by atoms with van der Waals surface area (Å²) in [5.41, 5.74) is 1.92. The molecule has 0 aliphatic heterocycles. The van der Waals surface area contributed by atoms with Crippen LogP contribution in [0.4, 0.5) is 13.2 Å². The highest BCUT2D eigenvalue weighted by Crippen LogP contribution is 2.38. The van der Waals surface area contributed by atoms with E-state index in [1.54, 1.807) is 30.3 Å². The minimum absolute atomic E-state index is 0.155. The smallest absolute Gasteiger partial charge is 0.426 e. The van der Waals surface area contributed by atoms with Gasteiger partial charge in [-0.25, -0.2) is 4.39 Å². The second kappa shape index (κ2) is 8.64. The van der Waals surface area contributed by atoms with Crippen LogP contribution in [0.15, 0.2) is 60.9 Å². The van der Waals surface area contributed by atoms with Crippen molar-refractivity contribution in [2.75, 3.05) is 0 Å². The molecule has 1 aliphatic carbocycles. The molecule has 144 valence electrons. The molecule has 2 aromatic carbocycles. The minimum Gasteiger partial charge on any atom is -0.429 e. The van der Waals surface area contributed by atoms with Crippen molar-refractivity contribution in [1.82, 2.24) is 0 Å². The van der Waals surface area contributed by atoms with Gasteiger partial charge in [0.05, 0.1) is 11.9 Å². The Balaban J connectivity index is 1.60. The van der Waals surface area contributed by atoms with Crippen molar-refractivity contribution in [1.29, 1.82) is 0 Å². The van der Waals surface area contributed by atoms with Gasteiger partial charge in [-0.1, -0.05) is 35.9 Å². The van der Waals surface area contributed by atoms with E-state index >= 15 is 0 Å². The van der Waals surface area contributed by atoms with Crippen LogP contribution in [-0.4, -0.2) is 0 Å². The Morgan fingerprint density at radius 3 is 2.19 bits per heavy atom. The molecule has 3 rings (SSSR count). The largest absolute Gasteiger partial charge is 0.429 e. The molecule has 0 amide bonds. The van der Waals surface area contributed by atoms with Crippen molar-refractivity contribution in [2.45, 2.75) is 51.1 Å². The fourth-order valence-electron chi connectivity index (χ4n) is 3.74. The highest BCUT2D eigenvalue weighted by Gasteiger charge is 2.34. The van der Waals surface area contributed by atoms with Crippen LogP contribution >= 0.6 is 0 Å². The summed E-state index contributed by atoms with van der Waals surface area (Å²) in [6, 6.07) is 13.1. The lowest BCUT2D eigenvalue weighted by atomic mass is 9.77. The van der Waals surface area contributed by atoms with E-state index in [2.05, 4.69) is 0 Å². The maximum atomic E-state index is 14.3. The Hall–Kier alpha value is -2.23. The average molecular weight is 374 g/mol. The molecule has 0 radical (unpaired) electrons. The fourth-order valence-corrected chi connectivity index (χ4v) is 3.74. The molecule has 27 heavy (non-hydrogen) atoms. The molecule has 0 N–H and O–H groups in total. The summed E-state index contributed by atoms with van der Waals surface area (Å²) in [5.74, 6) is 1.14. The van der Waals surface area contributed by atoms with E-state index in [1.165, 1.54) is 12.1 Å². The van der Waals surface area contributed by atoms with Gasteiger partial charge in [-0.05, 0) is 80.7 Å². The molecule has 0 saturated heterocycles. The summed E-state index contributed by atoms with van der Waals surface area (Å²) < 4.78 is 45.7. The Kier molecular flexibility index (Phi) is 6.25. The molecule has 0 unspecified atom stereocenters. The van der Waals surface area contributed by atoms with Gasteiger partial charge < -0.3 is 4.74 Å². The summed E-state index contributed by atoms with van der Waals surface area (Å²) >= 11 is 0. The second-order valence-electron chi connectivity index (χ2n) is 7.37. The topological polar surface area (TPSA) is 9.23 Å². The Morgan fingerprint density at radius 1 is 0.963 bits per heavy atom. The molecular formula is C23H25F3O. The molecule has 4 heteroatoms. The highest BCUT2D eigenvalue weighted by atomic mass is 19.3. The van der Waals surface area contributed by atoms with Crippen LogP contribution in [-0.2, 0) is 6.11 Å². The summed E-state index contributed by atoms with van der Waals surface area (Å²) in [6.07, 6.45) is 3.87. The number of hydrogen-bond acceptors (Lipinski definition) is 1. The van der Waals surface area contributed by atoms with Crippen LogP contribution in [0.2, 0.25) is 0 Å². The lowest BCUT2D eigenvalue weighted by Crippen LogP contribution is -2.21. The zero-order chi connectivity index (χ0) is 19.3. The lowest BCUT2D eigenvalue weighted by Gasteiger charge is -2.28. The molecule has 1 saturated carbocycles. The van der Waals surface area contributed by atoms with E-state index in [1.807, 2.05) is 19.1 Å². The first kappa shape index (κ1) is 19.5. The Labute approximate surface area is 158 Å². The zero-order valence-electron chi connectivity index (χ0n) is 15.5. The van der Waals surface area contributed by atoms with Crippen LogP contribution in [0.3, 0.4) is 0 Å². The molecular weight excluding hydrogens is 349 g/mol. The molecule has 0 spiro atoms. The van der Waals surface area contributed by atoms with Crippen LogP contribution in [0.1, 0.15) is 54.7 Å². The van der Waals surface area contributed by atoms with E-state index in [-0.39, 0.29) is 11.3 Å². The minimum atomic E-state index is -3.36. The molecule has 0 bridgehead atoms. The third kappa shape index (κ3) is 5.15. The van der Waals surface area contributed by atoms with E-state index in [0.29, 0.717) is 18.2 Å². The average Bonchev–Trinajstić information content (AvgIpc) is 2.67. The molecule has 1 fully saturated rings. The van der Waals surface area contributed by atoms with Gasteiger partial charge >= 0.3 is 6.11 Å². The van der Waals surface area contributed by atoms with Crippen molar-refractivity contribution in [3.8, 4) is 5.75 Å². The van der Waals surface area contributed by atoms with Gasteiger partial charge in [0.1, 0.15) is 5.75 Å². The standard InChI is InChI=1S/C23H25F3O/c1-17-4-12-21(13-5-17)23(25,26)27-22-14-10-20(11-15-22)19-8-6-18(7-9-19)3-2-16-24/h2,4-5,10-16,18-19H,3,6-9H2,1H3/b16-2+. The number of allylic oxidation sites excluding steroid dienone is 1. The molecule has 1 nitrogen and oxygen atoms in total. The molecule has 0 heterocycles. The SMILES string of the molecule is Cc1ccc(C(F)(F)Oc2ccc(C3CCC(C/C=C/F)CC3)cc2)cc1. The predicted octanol–water partition coefficient (Wildman–Crippen LogP) is 7.27. The summed E-state index contributed by atoms with van der Waals surface area (Å²) in [7, 11) is 0. The Morgan fingerprint density at radius 2 is 1.59 bits per heavy atom. The van der Waals surface area contributed by atoms with E-state index in [9.17, 15) is 13.2 Å². The molecule has 2 aromatic rings. The zero-order valence-corrected chi connectivity index (χ0v) is 15.5. The third-order valence-corrected chi connectivity index (χ3v) is 5.39. The third-order valence-electron chi connectivity index (χ3n) is 5.39. The van der Waals surface area contributed by atoms with Gasteiger partial charge in [-0.15, -0.1) is 0 Å². The van der Waals surface area contributed by atoms with Gasteiger partial charge in [-0.2, -0.15) is 8.78 Å². The first-order valence-electron chi connectivity index (χ1n) is 9.47. The first-order valence-corrected chi connectivity index (χ1v) is 9.47. The number of ether oxygens (including phenoxy) is 1. The number of hydrogen-bond donors (Lipinski definition) is 0. The molecule has 1 aliphatic rings. The van der Waals surface area contributed by atoms with Crippen molar-refractivity contribution >= 4 is 0 Å². The fraction of sp³-hybridized carbons (Fsp3) is 0.391. The van der Waals surface area contributed by atoms with Crippen molar-refractivity contribution < 1.29 is 17.9 Å². The number of benzene rings is 2. The summed E-state index contributed by atoms with van der Waals surface area (Å²) in [4.78, 5) is 0. The van der Waals surface area contributed by atoms with Gasteiger partial charge in [0, 0.05) is 0 Å². The van der Waals surface area contributed by atoms with Crippen LogP contribution in [0.5, 0.6) is 5.75 Å². The number of alkyl halides is 2. The first-order chi connectivity index (χ1) is 13.0. The van der Waals surface area contributed by atoms with Gasteiger partial charge in [0.2, 0.25) is 0 Å². The van der Waals surface area contributed by atoms with Gasteiger partial charge in [-0.3, -0.25) is 0 Å². The van der Waals surface area contributed by atoms with E-state index in [4.69, 9.17) is 4.74 Å². The maximum absolute atomic E-state index is 14.3. The molecule has 0 aromatic heterocycles. The van der Waals surface area contributed by atoms with Crippen LogP contribution in [0, 0.1) is 12.8 Å². The number of rotatable bonds is 6. The maximum Gasteiger partial charge on any atom is 0.426 e. The van der Waals surface area contributed by atoms with Gasteiger partial charge in [0.25, 0.3) is 0 Å². The van der Waals surface area contributed by atoms with E-state index < -0.39 is 6.11 Å². The quantitative estimate of drug-likeness (QED) is 0.516. The predicted molar refractivity (Wildman–Crippen MR) is 102 cm³/mol. The lowest BCUT2D eigenvalue weighted by molar-refractivity contribution is -0.185. The normalized spacial score (nSPS) is 20.7. The monoisotopic (exact) mass is 374 g/mol. The summed E-state index contributed by atoms with van der Waals surface area (Å²) in [6.45, 7) is 1.85. The molecule has 0 atom stereocenters. The van der Waals surface area contributed by atoms with Crippen molar-refractivity contribution in [3.05, 3.63) is 77.6 Å².